The third-order valence-electron chi connectivity index (χ3n) is 3.37. The minimum atomic E-state index is -0.758. The van der Waals surface area contributed by atoms with E-state index in [0.717, 1.165) is 12.8 Å². The number of aliphatic carboxylic acids is 1. The zero-order chi connectivity index (χ0) is 15.1. The highest BCUT2D eigenvalue weighted by Crippen LogP contribution is 2.18. The maximum absolute atomic E-state index is 13.7. The molecule has 1 aromatic rings. The molecule has 20 heavy (non-hydrogen) atoms. The molecule has 1 rings (SSSR count). The quantitative estimate of drug-likeness (QED) is 0.767. The van der Waals surface area contributed by atoms with Gasteiger partial charge >= 0.3 is 5.97 Å². The van der Waals surface area contributed by atoms with Crippen molar-refractivity contribution in [3.8, 4) is 0 Å². The van der Waals surface area contributed by atoms with Gasteiger partial charge in [-0.25, -0.2) is 4.39 Å². The Kier molecular flexibility index (Phi) is 6.96. The van der Waals surface area contributed by atoms with Crippen LogP contribution in [0.5, 0.6) is 0 Å². The topological polar surface area (TPSA) is 49.3 Å². The van der Waals surface area contributed by atoms with Crippen LogP contribution in [0.15, 0.2) is 18.2 Å². The van der Waals surface area contributed by atoms with Gasteiger partial charge in [0.05, 0.1) is 10.9 Å². The predicted octanol–water partition coefficient (Wildman–Crippen LogP) is 3.85. The van der Waals surface area contributed by atoms with Gasteiger partial charge in [0.1, 0.15) is 5.82 Å². The highest BCUT2D eigenvalue weighted by molar-refractivity contribution is 6.30. The lowest BCUT2D eigenvalue weighted by Gasteiger charge is -2.15. The van der Waals surface area contributed by atoms with E-state index in [1.807, 2.05) is 6.92 Å². The van der Waals surface area contributed by atoms with Gasteiger partial charge in [-0.05, 0) is 25.8 Å². The van der Waals surface area contributed by atoms with Gasteiger partial charge in [-0.3, -0.25) is 4.79 Å². The van der Waals surface area contributed by atoms with E-state index in [4.69, 9.17) is 16.7 Å². The maximum atomic E-state index is 13.7. The van der Waals surface area contributed by atoms with Crippen molar-refractivity contribution in [1.29, 1.82) is 0 Å². The number of hydrogen-bond donors (Lipinski definition) is 2. The van der Waals surface area contributed by atoms with Gasteiger partial charge in [-0.15, -0.1) is 0 Å². The van der Waals surface area contributed by atoms with Crippen molar-refractivity contribution in [3.05, 3.63) is 34.6 Å². The van der Waals surface area contributed by atoms with Crippen LogP contribution in [0.2, 0.25) is 5.02 Å². The normalized spacial score (nSPS) is 14.0. The van der Waals surface area contributed by atoms with Gasteiger partial charge in [-0.1, -0.05) is 37.1 Å². The van der Waals surface area contributed by atoms with Gasteiger partial charge in [0.25, 0.3) is 0 Å². The van der Waals surface area contributed by atoms with Crippen LogP contribution in [0.3, 0.4) is 0 Å². The monoisotopic (exact) mass is 301 g/mol. The van der Waals surface area contributed by atoms with E-state index >= 15 is 0 Å². The van der Waals surface area contributed by atoms with Crippen molar-refractivity contribution < 1.29 is 14.3 Å². The molecule has 112 valence electrons. The third kappa shape index (κ3) is 5.47. The second-order valence-corrected chi connectivity index (χ2v) is 5.57. The zero-order valence-corrected chi connectivity index (χ0v) is 12.6. The third-order valence-corrected chi connectivity index (χ3v) is 3.66. The Morgan fingerprint density at radius 1 is 1.40 bits per heavy atom. The fraction of sp³-hybridized carbons (Fsp3) is 0.533. The molecule has 0 aliphatic carbocycles. The molecule has 0 radical (unpaired) electrons. The average molecular weight is 302 g/mol. The number of carbonyl (C=O) groups is 1. The highest BCUT2D eigenvalue weighted by atomic mass is 35.5. The van der Waals surface area contributed by atoms with Gasteiger partial charge in [0.15, 0.2) is 0 Å². The van der Waals surface area contributed by atoms with Gasteiger partial charge in [0, 0.05) is 18.2 Å². The smallest absolute Gasteiger partial charge is 0.306 e. The second kappa shape index (κ2) is 8.22. The molecule has 0 saturated carbocycles. The van der Waals surface area contributed by atoms with Crippen LogP contribution in [0, 0.1) is 11.7 Å². The minimum Gasteiger partial charge on any atom is -0.481 e. The molecule has 1 aromatic carbocycles. The van der Waals surface area contributed by atoms with E-state index in [0.29, 0.717) is 18.5 Å². The van der Waals surface area contributed by atoms with Crippen LogP contribution in [0.4, 0.5) is 4.39 Å². The summed E-state index contributed by atoms with van der Waals surface area (Å²) in [5.74, 6) is -1.45. The first-order valence-electron chi connectivity index (χ1n) is 6.81. The lowest BCUT2D eigenvalue weighted by atomic mass is 10.0. The molecule has 0 aliphatic heterocycles. The molecule has 3 nitrogen and oxygen atoms in total. The molecule has 0 fully saturated rings. The fourth-order valence-electron chi connectivity index (χ4n) is 1.92. The number of halogens is 2. The summed E-state index contributed by atoms with van der Waals surface area (Å²) in [5, 5.41) is 12.1. The number of benzene rings is 1. The summed E-state index contributed by atoms with van der Waals surface area (Å²) in [6, 6.07) is 5.15. The Morgan fingerprint density at radius 3 is 2.75 bits per heavy atom. The van der Waals surface area contributed by atoms with Crippen LogP contribution in [0.25, 0.3) is 0 Å². The minimum absolute atomic E-state index is 0.132. The standard InChI is InChI=1S/C15H21ClFNO2/c1-10(15(19)20)5-3-6-11(2)18-9-12-7-4-8-13(16)14(12)17/h4,7-8,10-11,18H,3,5-6,9H2,1-2H3,(H,19,20). The Labute approximate surface area is 124 Å². The molecule has 0 spiro atoms. The zero-order valence-electron chi connectivity index (χ0n) is 11.8. The fourth-order valence-corrected chi connectivity index (χ4v) is 2.12. The van der Waals surface area contributed by atoms with E-state index in [1.54, 1.807) is 19.1 Å². The molecule has 0 saturated heterocycles. The number of nitrogens with one attached hydrogen (secondary N) is 1. The first-order valence-corrected chi connectivity index (χ1v) is 7.18. The lowest BCUT2D eigenvalue weighted by molar-refractivity contribution is -0.141. The van der Waals surface area contributed by atoms with Crippen molar-refractivity contribution >= 4 is 17.6 Å². The average Bonchev–Trinajstić information content (AvgIpc) is 2.40. The summed E-state index contributed by atoms with van der Waals surface area (Å²) in [6.07, 6.45) is 2.35. The van der Waals surface area contributed by atoms with Gasteiger partial charge < -0.3 is 10.4 Å². The molecule has 5 heteroatoms. The number of carboxylic acids is 1. The molecule has 0 bridgehead atoms. The molecule has 2 atom stereocenters. The maximum Gasteiger partial charge on any atom is 0.306 e. The van der Waals surface area contributed by atoms with Crippen LogP contribution < -0.4 is 5.32 Å². The summed E-state index contributed by atoms with van der Waals surface area (Å²) in [4.78, 5) is 10.7. The summed E-state index contributed by atoms with van der Waals surface area (Å²) < 4.78 is 13.7. The molecule has 2 unspecified atom stereocenters. The number of rotatable bonds is 8. The Balaban J connectivity index is 2.31. The Morgan fingerprint density at radius 2 is 2.10 bits per heavy atom. The van der Waals surface area contributed by atoms with E-state index < -0.39 is 5.97 Å². The van der Waals surface area contributed by atoms with Crippen molar-refractivity contribution in [1.82, 2.24) is 5.32 Å². The summed E-state index contributed by atoms with van der Waals surface area (Å²) in [7, 11) is 0. The molecular formula is C15H21ClFNO2. The number of hydrogen-bond acceptors (Lipinski definition) is 2. The molecule has 0 heterocycles. The van der Waals surface area contributed by atoms with Crippen LogP contribution in [-0.2, 0) is 11.3 Å². The summed E-state index contributed by atoms with van der Waals surface area (Å²) in [6.45, 7) is 4.14. The van der Waals surface area contributed by atoms with Crippen LogP contribution in [-0.4, -0.2) is 17.1 Å². The molecular weight excluding hydrogens is 281 g/mol. The molecule has 0 amide bonds. The number of carboxylic acid groups (broad SMARTS) is 1. The Hall–Kier alpha value is -1.13. The van der Waals surface area contributed by atoms with E-state index in [1.165, 1.54) is 6.07 Å². The first-order chi connectivity index (χ1) is 9.41. The second-order valence-electron chi connectivity index (χ2n) is 5.17. The molecule has 0 aromatic heterocycles. The molecule has 2 N–H and O–H groups in total. The first kappa shape index (κ1) is 16.9. The highest BCUT2D eigenvalue weighted by Gasteiger charge is 2.12. The van der Waals surface area contributed by atoms with Crippen LogP contribution >= 0.6 is 11.6 Å². The lowest BCUT2D eigenvalue weighted by Crippen LogP contribution is -2.26. The van der Waals surface area contributed by atoms with E-state index in [2.05, 4.69) is 5.32 Å². The van der Waals surface area contributed by atoms with Crippen molar-refractivity contribution in [2.24, 2.45) is 5.92 Å². The van der Waals surface area contributed by atoms with Crippen molar-refractivity contribution in [2.45, 2.75) is 45.7 Å². The predicted molar refractivity (Wildman–Crippen MR) is 78.4 cm³/mol. The van der Waals surface area contributed by atoms with Crippen molar-refractivity contribution in [3.63, 3.8) is 0 Å². The van der Waals surface area contributed by atoms with E-state index in [9.17, 15) is 9.18 Å². The van der Waals surface area contributed by atoms with Gasteiger partial charge in [0.2, 0.25) is 0 Å². The van der Waals surface area contributed by atoms with Crippen molar-refractivity contribution in [2.75, 3.05) is 0 Å². The Bertz CT molecular complexity index is 453. The largest absolute Gasteiger partial charge is 0.481 e. The van der Waals surface area contributed by atoms with Gasteiger partial charge in [-0.2, -0.15) is 0 Å². The summed E-state index contributed by atoms with van der Waals surface area (Å²) >= 11 is 5.72. The van der Waals surface area contributed by atoms with Crippen LogP contribution in [0.1, 0.15) is 38.7 Å². The summed E-state index contributed by atoms with van der Waals surface area (Å²) in [5.41, 5.74) is 0.545. The molecule has 0 aliphatic rings. The SMILES string of the molecule is CC(CCCC(C)C(=O)O)NCc1cccc(Cl)c1F. The van der Waals surface area contributed by atoms with E-state index in [-0.39, 0.29) is 22.8 Å².